The fourth-order valence-electron chi connectivity index (χ4n) is 1.21. The molecular formula is C9H11BrN2O4S2. The van der Waals surface area contributed by atoms with Gasteiger partial charge in [0.2, 0.25) is 10.0 Å². The van der Waals surface area contributed by atoms with E-state index in [-0.39, 0.29) is 11.4 Å². The molecule has 0 spiro atoms. The molecule has 0 aliphatic carbocycles. The monoisotopic (exact) mass is 354 g/mol. The summed E-state index contributed by atoms with van der Waals surface area (Å²) in [5.41, 5.74) is -0.435. The molecule has 0 amide bonds. The molecular weight excluding hydrogens is 344 g/mol. The first-order chi connectivity index (χ1) is 8.38. The summed E-state index contributed by atoms with van der Waals surface area (Å²) < 4.78 is 26.7. The highest BCUT2D eigenvalue weighted by Crippen LogP contribution is 2.26. The molecule has 18 heavy (non-hydrogen) atoms. The molecule has 0 saturated heterocycles. The second kappa shape index (κ2) is 6.50. The Morgan fingerprint density at radius 3 is 2.72 bits per heavy atom. The highest BCUT2D eigenvalue weighted by molar-refractivity contribution is 9.10. The Hall–Kier alpha value is -0.640. The second-order valence-electron chi connectivity index (χ2n) is 3.26. The van der Waals surface area contributed by atoms with E-state index in [1.54, 1.807) is 0 Å². The fourth-order valence-corrected chi connectivity index (χ4v) is 3.38. The van der Waals surface area contributed by atoms with Crippen molar-refractivity contribution in [2.75, 3.05) is 18.6 Å². The van der Waals surface area contributed by atoms with Gasteiger partial charge in [0.1, 0.15) is 0 Å². The van der Waals surface area contributed by atoms with Gasteiger partial charge in [0.25, 0.3) is 5.69 Å². The van der Waals surface area contributed by atoms with Crippen LogP contribution in [0.2, 0.25) is 0 Å². The molecule has 0 unspecified atom stereocenters. The Morgan fingerprint density at radius 1 is 1.50 bits per heavy atom. The van der Waals surface area contributed by atoms with Crippen molar-refractivity contribution in [2.45, 2.75) is 4.90 Å². The van der Waals surface area contributed by atoms with Gasteiger partial charge in [0.05, 0.1) is 4.92 Å². The first kappa shape index (κ1) is 15.4. The SMILES string of the molecule is CSCCNS(=O)(=O)c1cc(Br)ccc1[N+](=O)[O-]. The van der Waals surface area contributed by atoms with Crippen molar-refractivity contribution in [1.82, 2.24) is 4.72 Å². The van der Waals surface area contributed by atoms with Crippen LogP contribution in [-0.2, 0) is 10.0 Å². The molecule has 100 valence electrons. The number of nitro groups is 1. The number of hydrogen-bond acceptors (Lipinski definition) is 5. The largest absolute Gasteiger partial charge is 0.289 e. The maximum atomic E-state index is 11.9. The van der Waals surface area contributed by atoms with Gasteiger partial charge in [-0.3, -0.25) is 10.1 Å². The Morgan fingerprint density at radius 2 is 2.17 bits per heavy atom. The molecule has 0 aliphatic rings. The lowest BCUT2D eigenvalue weighted by atomic mass is 10.3. The average Bonchev–Trinajstić information content (AvgIpc) is 2.28. The van der Waals surface area contributed by atoms with Crippen LogP contribution in [0.5, 0.6) is 0 Å². The van der Waals surface area contributed by atoms with E-state index in [9.17, 15) is 18.5 Å². The number of nitro benzene ring substituents is 1. The summed E-state index contributed by atoms with van der Waals surface area (Å²) in [7, 11) is -3.87. The van der Waals surface area contributed by atoms with Crippen LogP contribution in [0.3, 0.4) is 0 Å². The maximum absolute atomic E-state index is 11.9. The number of nitrogens with one attached hydrogen (secondary N) is 1. The highest BCUT2D eigenvalue weighted by Gasteiger charge is 2.25. The van der Waals surface area contributed by atoms with E-state index in [0.717, 1.165) is 6.07 Å². The van der Waals surface area contributed by atoms with E-state index in [1.165, 1.54) is 23.9 Å². The van der Waals surface area contributed by atoms with E-state index in [0.29, 0.717) is 10.2 Å². The summed E-state index contributed by atoms with van der Waals surface area (Å²) in [4.78, 5) is 9.76. The Labute approximate surface area is 117 Å². The smallest absolute Gasteiger partial charge is 0.258 e. The van der Waals surface area contributed by atoms with Gasteiger partial charge in [0, 0.05) is 22.8 Å². The standard InChI is InChI=1S/C9H11BrN2O4S2/c1-17-5-4-11-18(15,16)9-6-7(10)2-3-8(9)12(13)14/h2-3,6,11H,4-5H2,1H3. The number of nitrogens with zero attached hydrogens (tertiary/aromatic N) is 1. The van der Waals surface area contributed by atoms with Crippen LogP contribution in [-0.4, -0.2) is 31.9 Å². The van der Waals surface area contributed by atoms with Crippen LogP contribution < -0.4 is 4.72 Å². The molecule has 9 heteroatoms. The zero-order valence-corrected chi connectivity index (χ0v) is 12.6. The van der Waals surface area contributed by atoms with Gasteiger partial charge in [-0.2, -0.15) is 11.8 Å². The lowest BCUT2D eigenvalue weighted by molar-refractivity contribution is -0.387. The summed E-state index contributed by atoms with van der Waals surface area (Å²) in [6, 6.07) is 3.81. The summed E-state index contributed by atoms with van der Waals surface area (Å²) in [5.74, 6) is 0.598. The molecule has 1 aromatic carbocycles. The predicted octanol–water partition coefficient (Wildman–Crippen LogP) is 2.00. The maximum Gasteiger partial charge on any atom is 0.289 e. The third kappa shape index (κ3) is 3.94. The summed E-state index contributed by atoms with van der Waals surface area (Å²) in [6.45, 7) is 0.229. The quantitative estimate of drug-likeness (QED) is 0.479. The molecule has 1 N–H and O–H groups in total. The topological polar surface area (TPSA) is 89.3 Å². The molecule has 1 aromatic rings. The minimum atomic E-state index is -3.87. The second-order valence-corrected chi connectivity index (χ2v) is 6.90. The molecule has 0 atom stereocenters. The number of sulfonamides is 1. The lowest BCUT2D eigenvalue weighted by Gasteiger charge is -2.07. The first-order valence-electron chi connectivity index (χ1n) is 4.81. The van der Waals surface area contributed by atoms with Crippen molar-refractivity contribution in [3.63, 3.8) is 0 Å². The summed E-state index contributed by atoms with van der Waals surface area (Å²) >= 11 is 4.58. The van der Waals surface area contributed by atoms with E-state index in [4.69, 9.17) is 0 Å². The molecule has 0 heterocycles. The van der Waals surface area contributed by atoms with Gasteiger partial charge in [-0.15, -0.1) is 0 Å². The Kier molecular flexibility index (Phi) is 5.57. The van der Waals surface area contributed by atoms with Crippen molar-refractivity contribution in [1.29, 1.82) is 0 Å². The van der Waals surface area contributed by atoms with Crippen molar-refractivity contribution >= 4 is 43.4 Å². The van der Waals surface area contributed by atoms with Gasteiger partial charge in [0.15, 0.2) is 4.90 Å². The van der Waals surface area contributed by atoms with Gasteiger partial charge < -0.3 is 0 Å². The van der Waals surface area contributed by atoms with Gasteiger partial charge in [-0.25, -0.2) is 13.1 Å². The van der Waals surface area contributed by atoms with E-state index < -0.39 is 20.6 Å². The Bertz CT molecular complexity index is 547. The molecule has 0 saturated carbocycles. The van der Waals surface area contributed by atoms with E-state index >= 15 is 0 Å². The minimum absolute atomic E-state index is 0.229. The van der Waals surface area contributed by atoms with Crippen molar-refractivity contribution in [3.8, 4) is 0 Å². The lowest BCUT2D eigenvalue weighted by Crippen LogP contribution is -2.26. The van der Waals surface area contributed by atoms with Gasteiger partial charge >= 0.3 is 0 Å². The summed E-state index contributed by atoms with van der Waals surface area (Å²) in [6.07, 6.45) is 1.84. The van der Waals surface area contributed by atoms with E-state index in [2.05, 4.69) is 20.7 Å². The molecule has 0 aliphatic heterocycles. The molecule has 0 fully saturated rings. The summed E-state index contributed by atoms with van der Waals surface area (Å²) in [5, 5.41) is 10.8. The highest BCUT2D eigenvalue weighted by atomic mass is 79.9. The Balaban J connectivity index is 3.14. The fraction of sp³-hybridized carbons (Fsp3) is 0.333. The van der Waals surface area contributed by atoms with Crippen LogP contribution in [0, 0.1) is 10.1 Å². The van der Waals surface area contributed by atoms with Crippen LogP contribution in [0.25, 0.3) is 0 Å². The number of thioether (sulfide) groups is 1. The average molecular weight is 355 g/mol. The third-order valence-corrected chi connectivity index (χ3v) is 4.60. The normalized spacial score (nSPS) is 11.4. The number of halogens is 1. The van der Waals surface area contributed by atoms with Crippen LogP contribution in [0.15, 0.2) is 27.6 Å². The zero-order chi connectivity index (χ0) is 13.8. The van der Waals surface area contributed by atoms with Crippen LogP contribution in [0.4, 0.5) is 5.69 Å². The zero-order valence-electron chi connectivity index (χ0n) is 9.42. The first-order valence-corrected chi connectivity index (χ1v) is 8.48. The van der Waals surface area contributed by atoms with E-state index in [1.807, 2.05) is 6.26 Å². The van der Waals surface area contributed by atoms with Crippen molar-refractivity contribution < 1.29 is 13.3 Å². The van der Waals surface area contributed by atoms with Crippen LogP contribution in [0.1, 0.15) is 0 Å². The van der Waals surface area contributed by atoms with Gasteiger partial charge in [-0.1, -0.05) is 15.9 Å². The molecule has 6 nitrogen and oxygen atoms in total. The molecule has 0 bridgehead atoms. The predicted molar refractivity (Wildman–Crippen MR) is 74.4 cm³/mol. The number of rotatable bonds is 6. The molecule has 0 radical (unpaired) electrons. The number of benzene rings is 1. The molecule has 1 rings (SSSR count). The third-order valence-electron chi connectivity index (χ3n) is 2.01. The van der Waals surface area contributed by atoms with Crippen molar-refractivity contribution in [3.05, 3.63) is 32.8 Å². The minimum Gasteiger partial charge on any atom is -0.258 e. The van der Waals surface area contributed by atoms with Crippen molar-refractivity contribution in [2.24, 2.45) is 0 Å². The van der Waals surface area contributed by atoms with Gasteiger partial charge in [-0.05, 0) is 18.4 Å². The molecule has 0 aromatic heterocycles. The van der Waals surface area contributed by atoms with Crippen LogP contribution >= 0.6 is 27.7 Å². The number of hydrogen-bond donors (Lipinski definition) is 1.